The van der Waals surface area contributed by atoms with Gasteiger partial charge in [-0.2, -0.15) is 13.9 Å². The molecule has 0 aliphatic heterocycles. The summed E-state index contributed by atoms with van der Waals surface area (Å²) in [5.41, 5.74) is 3.73. The van der Waals surface area contributed by atoms with Crippen LogP contribution in [0.2, 0.25) is 0 Å². The van der Waals surface area contributed by atoms with Crippen molar-refractivity contribution in [2.75, 3.05) is 7.11 Å². The number of fused-ring (bicyclic) bond motifs is 1. The number of ether oxygens (including phenoxy) is 2. The van der Waals surface area contributed by atoms with Crippen molar-refractivity contribution >= 4 is 16.9 Å². The van der Waals surface area contributed by atoms with Crippen LogP contribution in [-0.2, 0) is 11.3 Å². The number of halogens is 2. The molecule has 4 aromatic rings. The highest BCUT2D eigenvalue weighted by Gasteiger charge is 2.20. The number of rotatable bonds is 6. The van der Waals surface area contributed by atoms with Crippen LogP contribution in [0, 0.1) is 0 Å². The van der Waals surface area contributed by atoms with Crippen molar-refractivity contribution in [3.8, 4) is 16.9 Å². The number of benzene rings is 3. The molecule has 0 aliphatic carbocycles. The lowest BCUT2D eigenvalue weighted by molar-refractivity contribution is -0.0487. The fourth-order valence-corrected chi connectivity index (χ4v) is 3.38. The predicted octanol–water partition coefficient (Wildman–Crippen LogP) is 5.14. The van der Waals surface area contributed by atoms with Gasteiger partial charge in [-0.3, -0.25) is 4.68 Å². The highest BCUT2D eigenvalue weighted by molar-refractivity contribution is 6.04. The third-order valence-electron chi connectivity index (χ3n) is 4.78. The SMILES string of the molecule is COC(=O)c1ccc(OC(F)F)c2cnn(Cc3ccc(-c4ccccc4)cc3)c12. The van der Waals surface area contributed by atoms with Crippen molar-refractivity contribution < 1.29 is 23.0 Å². The van der Waals surface area contributed by atoms with E-state index in [1.807, 2.05) is 54.6 Å². The van der Waals surface area contributed by atoms with Crippen LogP contribution in [-0.4, -0.2) is 29.5 Å². The quantitative estimate of drug-likeness (QED) is 0.415. The molecule has 1 heterocycles. The molecule has 0 saturated carbocycles. The van der Waals surface area contributed by atoms with Crippen LogP contribution in [0.1, 0.15) is 15.9 Å². The number of esters is 1. The number of hydrogen-bond donors (Lipinski definition) is 0. The number of aromatic nitrogens is 2. The van der Waals surface area contributed by atoms with Gasteiger partial charge < -0.3 is 9.47 Å². The molecule has 0 unspecified atom stereocenters. The molecule has 0 saturated heterocycles. The molecule has 0 aliphatic rings. The van der Waals surface area contributed by atoms with Crippen LogP contribution in [0.4, 0.5) is 8.78 Å². The average Bonchev–Trinajstić information content (AvgIpc) is 3.18. The lowest BCUT2D eigenvalue weighted by atomic mass is 10.0. The third-order valence-corrected chi connectivity index (χ3v) is 4.78. The van der Waals surface area contributed by atoms with E-state index in [4.69, 9.17) is 4.74 Å². The van der Waals surface area contributed by atoms with Crippen molar-refractivity contribution in [1.82, 2.24) is 9.78 Å². The van der Waals surface area contributed by atoms with Crippen molar-refractivity contribution in [3.63, 3.8) is 0 Å². The molecular weight excluding hydrogens is 390 g/mol. The Morgan fingerprint density at radius 3 is 2.37 bits per heavy atom. The van der Waals surface area contributed by atoms with Crippen LogP contribution in [0.15, 0.2) is 72.9 Å². The molecule has 1 aromatic heterocycles. The molecule has 0 fully saturated rings. The van der Waals surface area contributed by atoms with Crippen LogP contribution < -0.4 is 4.74 Å². The van der Waals surface area contributed by atoms with Crippen molar-refractivity contribution in [2.45, 2.75) is 13.2 Å². The number of carbonyl (C=O) groups excluding carboxylic acids is 1. The summed E-state index contributed by atoms with van der Waals surface area (Å²) in [6.07, 6.45) is 1.41. The number of nitrogens with zero attached hydrogens (tertiary/aromatic N) is 2. The van der Waals surface area contributed by atoms with Crippen LogP contribution in [0.3, 0.4) is 0 Å². The first-order valence-electron chi connectivity index (χ1n) is 9.23. The minimum atomic E-state index is -2.98. The average molecular weight is 408 g/mol. The van der Waals surface area contributed by atoms with E-state index in [1.54, 1.807) is 4.68 Å². The Kier molecular flexibility index (Phi) is 5.43. The largest absolute Gasteiger partial charge is 0.465 e. The molecule has 0 atom stereocenters. The lowest BCUT2D eigenvalue weighted by Crippen LogP contribution is -2.09. The summed E-state index contributed by atoms with van der Waals surface area (Å²) < 4.78 is 36.5. The van der Waals surface area contributed by atoms with Crippen LogP contribution in [0.5, 0.6) is 5.75 Å². The second-order valence-corrected chi connectivity index (χ2v) is 6.61. The Labute approximate surface area is 171 Å². The smallest absolute Gasteiger partial charge is 0.387 e. The van der Waals surface area contributed by atoms with Crippen molar-refractivity contribution in [3.05, 3.63) is 84.1 Å². The summed E-state index contributed by atoms with van der Waals surface area (Å²) in [6, 6.07) is 20.6. The molecule has 0 N–H and O–H groups in total. The Hall–Kier alpha value is -3.74. The van der Waals surface area contributed by atoms with Gasteiger partial charge in [0.25, 0.3) is 0 Å². The number of alkyl halides is 2. The van der Waals surface area contributed by atoms with Gasteiger partial charge in [-0.25, -0.2) is 4.79 Å². The molecule has 0 amide bonds. The fourth-order valence-electron chi connectivity index (χ4n) is 3.38. The highest BCUT2D eigenvalue weighted by Crippen LogP contribution is 2.31. The monoisotopic (exact) mass is 408 g/mol. The molecule has 0 radical (unpaired) electrons. The number of carbonyl (C=O) groups is 1. The molecule has 4 rings (SSSR count). The van der Waals surface area contributed by atoms with Gasteiger partial charge in [0, 0.05) is 0 Å². The molecule has 0 bridgehead atoms. The van der Waals surface area contributed by atoms with Gasteiger partial charge in [-0.15, -0.1) is 0 Å². The Morgan fingerprint density at radius 2 is 1.70 bits per heavy atom. The van der Waals surface area contributed by atoms with Gasteiger partial charge in [0.1, 0.15) is 5.75 Å². The standard InChI is InChI=1S/C23H18F2N2O3/c1-29-22(28)18-11-12-20(30-23(24)25)19-13-26-27(21(18)19)14-15-7-9-17(10-8-15)16-5-3-2-4-6-16/h2-13,23H,14H2,1H3. The maximum Gasteiger partial charge on any atom is 0.387 e. The minimum absolute atomic E-state index is 0.0432. The van der Waals surface area contributed by atoms with Gasteiger partial charge in [-0.1, -0.05) is 54.6 Å². The van der Waals surface area contributed by atoms with Gasteiger partial charge in [0.05, 0.1) is 36.3 Å². The first kappa shape index (κ1) is 19.6. The summed E-state index contributed by atoms with van der Waals surface area (Å²) in [4.78, 5) is 12.2. The van der Waals surface area contributed by atoms with Gasteiger partial charge in [0.2, 0.25) is 0 Å². The van der Waals surface area contributed by atoms with E-state index in [2.05, 4.69) is 9.84 Å². The number of hydrogen-bond acceptors (Lipinski definition) is 4. The van der Waals surface area contributed by atoms with Gasteiger partial charge in [-0.05, 0) is 28.8 Å². The summed E-state index contributed by atoms with van der Waals surface area (Å²) in [7, 11) is 1.26. The molecule has 5 nitrogen and oxygen atoms in total. The number of methoxy groups -OCH3 is 1. The van der Waals surface area contributed by atoms with E-state index in [0.717, 1.165) is 16.7 Å². The van der Waals surface area contributed by atoms with E-state index in [-0.39, 0.29) is 11.3 Å². The lowest BCUT2D eigenvalue weighted by Gasteiger charge is -2.11. The minimum Gasteiger partial charge on any atom is -0.465 e. The van der Waals surface area contributed by atoms with Gasteiger partial charge >= 0.3 is 12.6 Å². The summed E-state index contributed by atoms with van der Waals surface area (Å²) in [6.45, 7) is -2.63. The molecule has 0 spiro atoms. The normalized spacial score (nSPS) is 11.1. The summed E-state index contributed by atoms with van der Waals surface area (Å²) in [5.74, 6) is -0.622. The Morgan fingerprint density at radius 1 is 1.00 bits per heavy atom. The molecule has 3 aromatic carbocycles. The highest BCUT2D eigenvalue weighted by atomic mass is 19.3. The van der Waals surface area contributed by atoms with Crippen molar-refractivity contribution in [2.24, 2.45) is 0 Å². The first-order valence-corrected chi connectivity index (χ1v) is 9.23. The third kappa shape index (κ3) is 3.87. The molecule has 30 heavy (non-hydrogen) atoms. The summed E-state index contributed by atoms with van der Waals surface area (Å²) >= 11 is 0. The second-order valence-electron chi connectivity index (χ2n) is 6.61. The Balaban J connectivity index is 1.71. The van der Waals surface area contributed by atoms with Crippen LogP contribution >= 0.6 is 0 Å². The van der Waals surface area contributed by atoms with E-state index in [1.165, 1.54) is 25.4 Å². The molecule has 152 valence electrons. The summed E-state index contributed by atoms with van der Waals surface area (Å²) in [5, 5.41) is 4.62. The van der Waals surface area contributed by atoms with Crippen LogP contribution in [0.25, 0.3) is 22.0 Å². The van der Waals surface area contributed by atoms with E-state index >= 15 is 0 Å². The van der Waals surface area contributed by atoms with E-state index < -0.39 is 12.6 Å². The zero-order chi connectivity index (χ0) is 21.1. The van der Waals surface area contributed by atoms with Gasteiger partial charge in [0.15, 0.2) is 0 Å². The fraction of sp³-hybridized carbons (Fsp3) is 0.130. The predicted molar refractivity (Wildman–Crippen MR) is 109 cm³/mol. The molecule has 7 heteroatoms. The second kappa shape index (κ2) is 8.32. The van der Waals surface area contributed by atoms with E-state index in [9.17, 15) is 13.6 Å². The topological polar surface area (TPSA) is 53.4 Å². The van der Waals surface area contributed by atoms with Crippen molar-refractivity contribution in [1.29, 1.82) is 0 Å². The Bertz CT molecular complexity index is 1170. The maximum absolute atomic E-state index is 12.8. The first-order chi connectivity index (χ1) is 14.6. The zero-order valence-electron chi connectivity index (χ0n) is 16.1. The molecular formula is C23H18F2N2O3. The maximum atomic E-state index is 12.8. The van der Waals surface area contributed by atoms with E-state index in [0.29, 0.717) is 17.4 Å². The zero-order valence-corrected chi connectivity index (χ0v) is 16.1.